The summed E-state index contributed by atoms with van der Waals surface area (Å²) < 4.78 is 6.33. The van der Waals surface area contributed by atoms with Crippen LogP contribution in [0.2, 0.25) is 0 Å². The van der Waals surface area contributed by atoms with E-state index in [-0.39, 0.29) is 5.91 Å². The van der Waals surface area contributed by atoms with Crippen molar-refractivity contribution in [2.75, 3.05) is 33.9 Å². The molecule has 6 heteroatoms. The van der Waals surface area contributed by atoms with Crippen LogP contribution in [0, 0.1) is 5.41 Å². The number of nitrogens with one attached hydrogen (secondary N) is 1. The van der Waals surface area contributed by atoms with Crippen LogP contribution in [-0.4, -0.2) is 44.7 Å². The standard InChI is InChI=1S/C13H19BrN2O2S/c1-16(6-11-5-10(14)7-19-11)12(17)13(9-18-2)3-4-15-8-13/h5,7,15H,3-4,6,8-9H2,1-2H3. The maximum atomic E-state index is 12.7. The van der Waals surface area contributed by atoms with Crippen molar-refractivity contribution in [3.63, 3.8) is 0 Å². The second-order valence-corrected chi connectivity index (χ2v) is 6.94. The van der Waals surface area contributed by atoms with Gasteiger partial charge < -0.3 is 15.0 Å². The zero-order valence-electron chi connectivity index (χ0n) is 11.2. The molecule has 1 amide bonds. The number of halogens is 1. The summed E-state index contributed by atoms with van der Waals surface area (Å²) in [4.78, 5) is 15.7. The zero-order valence-corrected chi connectivity index (χ0v) is 13.6. The highest BCUT2D eigenvalue weighted by Gasteiger charge is 2.42. The molecule has 0 radical (unpaired) electrons. The molecule has 1 aromatic rings. The molecule has 1 N–H and O–H groups in total. The Labute approximate surface area is 126 Å². The molecule has 0 aromatic carbocycles. The minimum absolute atomic E-state index is 0.170. The number of methoxy groups -OCH3 is 1. The van der Waals surface area contributed by atoms with Gasteiger partial charge in [0.25, 0.3) is 0 Å². The van der Waals surface area contributed by atoms with Gasteiger partial charge in [-0.25, -0.2) is 0 Å². The monoisotopic (exact) mass is 346 g/mol. The summed E-state index contributed by atoms with van der Waals surface area (Å²) in [5.41, 5.74) is -0.391. The molecule has 106 valence electrons. The zero-order chi connectivity index (χ0) is 13.9. The van der Waals surface area contributed by atoms with Crippen molar-refractivity contribution in [3.8, 4) is 0 Å². The highest BCUT2D eigenvalue weighted by Crippen LogP contribution is 2.29. The van der Waals surface area contributed by atoms with Gasteiger partial charge in [-0.3, -0.25) is 4.79 Å². The van der Waals surface area contributed by atoms with E-state index in [1.54, 1.807) is 18.4 Å². The van der Waals surface area contributed by atoms with Crippen LogP contribution in [0.1, 0.15) is 11.3 Å². The van der Waals surface area contributed by atoms with Crippen LogP contribution in [0.25, 0.3) is 0 Å². The van der Waals surface area contributed by atoms with Gasteiger partial charge in [0, 0.05) is 35.4 Å². The first kappa shape index (κ1) is 15.0. The Morgan fingerprint density at radius 1 is 1.68 bits per heavy atom. The molecule has 1 saturated heterocycles. The molecule has 1 fully saturated rings. The van der Waals surface area contributed by atoms with E-state index in [2.05, 4.69) is 27.3 Å². The fourth-order valence-electron chi connectivity index (χ4n) is 2.53. The van der Waals surface area contributed by atoms with E-state index < -0.39 is 5.41 Å². The number of nitrogens with zero attached hydrogens (tertiary/aromatic N) is 1. The van der Waals surface area contributed by atoms with Gasteiger partial charge in [0.1, 0.15) is 0 Å². The molecular formula is C13H19BrN2O2S. The molecule has 1 aliphatic heterocycles. The lowest BCUT2D eigenvalue weighted by Gasteiger charge is -2.31. The predicted octanol–water partition coefficient (Wildman–Crippen LogP) is 2.10. The molecule has 0 bridgehead atoms. The summed E-state index contributed by atoms with van der Waals surface area (Å²) in [6, 6.07) is 2.06. The van der Waals surface area contributed by atoms with Crippen molar-refractivity contribution in [1.82, 2.24) is 10.2 Å². The predicted molar refractivity (Wildman–Crippen MR) is 80.3 cm³/mol. The number of thiophene rings is 1. The van der Waals surface area contributed by atoms with Crippen LogP contribution in [0.15, 0.2) is 15.9 Å². The Hall–Kier alpha value is -0.430. The minimum Gasteiger partial charge on any atom is -0.384 e. The van der Waals surface area contributed by atoms with Crippen molar-refractivity contribution in [2.24, 2.45) is 5.41 Å². The summed E-state index contributed by atoms with van der Waals surface area (Å²) >= 11 is 5.10. The minimum atomic E-state index is -0.391. The average Bonchev–Trinajstić information content (AvgIpc) is 2.99. The third kappa shape index (κ3) is 3.37. The van der Waals surface area contributed by atoms with Crippen LogP contribution in [0.5, 0.6) is 0 Å². The van der Waals surface area contributed by atoms with E-state index >= 15 is 0 Å². The molecule has 0 aliphatic carbocycles. The van der Waals surface area contributed by atoms with Crippen molar-refractivity contribution < 1.29 is 9.53 Å². The van der Waals surface area contributed by atoms with Crippen LogP contribution in [0.4, 0.5) is 0 Å². The number of rotatable bonds is 5. The first-order valence-corrected chi connectivity index (χ1v) is 7.93. The van der Waals surface area contributed by atoms with Gasteiger partial charge in [-0.15, -0.1) is 11.3 Å². The summed E-state index contributed by atoms with van der Waals surface area (Å²) in [5, 5.41) is 5.31. The van der Waals surface area contributed by atoms with Crippen molar-refractivity contribution >= 4 is 33.2 Å². The highest BCUT2D eigenvalue weighted by molar-refractivity contribution is 9.10. The fraction of sp³-hybridized carbons (Fsp3) is 0.615. The molecule has 4 nitrogen and oxygen atoms in total. The maximum absolute atomic E-state index is 12.7. The van der Waals surface area contributed by atoms with E-state index in [0.29, 0.717) is 19.7 Å². The molecule has 2 heterocycles. The molecule has 1 atom stereocenters. The van der Waals surface area contributed by atoms with E-state index in [0.717, 1.165) is 17.4 Å². The molecule has 2 rings (SSSR count). The number of carbonyl (C=O) groups excluding carboxylic acids is 1. The van der Waals surface area contributed by atoms with Gasteiger partial charge in [0.15, 0.2) is 0 Å². The number of hydrogen-bond donors (Lipinski definition) is 1. The summed E-state index contributed by atoms with van der Waals surface area (Å²) in [5.74, 6) is 0.170. The quantitative estimate of drug-likeness (QED) is 0.887. The maximum Gasteiger partial charge on any atom is 0.232 e. The van der Waals surface area contributed by atoms with Crippen LogP contribution in [0.3, 0.4) is 0 Å². The van der Waals surface area contributed by atoms with Gasteiger partial charge in [0.2, 0.25) is 5.91 Å². The Morgan fingerprint density at radius 2 is 2.47 bits per heavy atom. The van der Waals surface area contributed by atoms with Gasteiger partial charge >= 0.3 is 0 Å². The molecule has 19 heavy (non-hydrogen) atoms. The van der Waals surface area contributed by atoms with E-state index in [4.69, 9.17) is 4.74 Å². The molecule has 0 spiro atoms. The second-order valence-electron chi connectivity index (χ2n) is 5.03. The summed E-state index contributed by atoms with van der Waals surface area (Å²) in [7, 11) is 3.52. The number of hydrogen-bond acceptors (Lipinski definition) is 4. The summed E-state index contributed by atoms with van der Waals surface area (Å²) in [6.07, 6.45) is 0.845. The van der Waals surface area contributed by atoms with Gasteiger partial charge in [-0.2, -0.15) is 0 Å². The first-order valence-electron chi connectivity index (χ1n) is 6.25. The Balaban J connectivity index is 2.04. The lowest BCUT2D eigenvalue weighted by atomic mass is 9.86. The Morgan fingerprint density at radius 3 is 3.00 bits per heavy atom. The van der Waals surface area contributed by atoms with Crippen molar-refractivity contribution in [1.29, 1.82) is 0 Å². The molecule has 1 aromatic heterocycles. The second kappa shape index (κ2) is 6.35. The fourth-order valence-corrected chi connectivity index (χ4v) is 4.04. The number of ether oxygens (including phenoxy) is 1. The largest absolute Gasteiger partial charge is 0.384 e. The Kier molecular flexibility index (Phi) is 5.00. The third-order valence-electron chi connectivity index (χ3n) is 3.48. The average molecular weight is 347 g/mol. The van der Waals surface area contributed by atoms with Crippen LogP contribution < -0.4 is 5.32 Å². The van der Waals surface area contributed by atoms with Gasteiger partial charge in [-0.1, -0.05) is 0 Å². The third-order valence-corrected chi connectivity index (χ3v) is 5.16. The number of amides is 1. The van der Waals surface area contributed by atoms with E-state index in [9.17, 15) is 4.79 Å². The van der Waals surface area contributed by atoms with Crippen LogP contribution in [-0.2, 0) is 16.1 Å². The lowest BCUT2D eigenvalue weighted by molar-refractivity contribution is -0.143. The van der Waals surface area contributed by atoms with Crippen LogP contribution >= 0.6 is 27.3 Å². The van der Waals surface area contributed by atoms with Gasteiger partial charge in [-0.05, 0) is 35.0 Å². The normalized spacial score (nSPS) is 22.7. The Bertz CT molecular complexity index is 444. The van der Waals surface area contributed by atoms with Crippen molar-refractivity contribution in [2.45, 2.75) is 13.0 Å². The van der Waals surface area contributed by atoms with Crippen molar-refractivity contribution in [3.05, 3.63) is 20.8 Å². The van der Waals surface area contributed by atoms with Gasteiger partial charge in [0.05, 0.1) is 18.6 Å². The summed E-state index contributed by atoms with van der Waals surface area (Å²) in [6.45, 7) is 2.73. The number of carbonyl (C=O) groups is 1. The van der Waals surface area contributed by atoms with E-state index in [1.807, 2.05) is 17.3 Å². The first-order chi connectivity index (χ1) is 9.07. The SMILES string of the molecule is COCC1(C(=O)N(C)Cc2cc(Br)cs2)CCNC1. The lowest BCUT2D eigenvalue weighted by Crippen LogP contribution is -2.46. The van der Waals surface area contributed by atoms with E-state index in [1.165, 1.54) is 4.88 Å². The molecule has 0 saturated carbocycles. The molecule has 1 unspecified atom stereocenters. The molecule has 1 aliphatic rings. The smallest absolute Gasteiger partial charge is 0.232 e. The highest BCUT2D eigenvalue weighted by atomic mass is 79.9. The molecular weight excluding hydrogens is 328 g/mol. The topological polar surface area (TPSA) is 41.6 Å².